The first-order valence-electron chi connectivity index (χ1n) is 19.5. The van der Waals surface area contributed by atoms with Crippen molar-refractivity contribution < 1.29 is 38.6 Å². The summed E-state index contributed by atoms with van der Waals surface area (Å²) in [6, 6.07) is 31.4. The molecule has 4 amide bonds. The number of nitrogens with one attached hydrogen (secondary N) is 3. The number of fused-ring (bicyclic) bond motifs is 5. The van der Waals surface area contributed by atoms with Crippen molar-refractivity contribution in [1.29, 1.82) is 0 Å². The monoisotopic (exact) mass is 812 g/mol. The van der Waals surface area contributed by atoms with Crippen molar-refractivity contribution in [3.8, 4) is 44.9 Å². The zero-order valence-electron chi connectivity index (χ0n) is 33.4. The molecule has 14 nitrogen and oxygen atoms in total. The first-order valence-corrected chi connectivity index (χ1v) is 19.5. The van der Waals surface area contributed by atoms with Crippen molar-refractivity contribution in [2.45, 2.75) is 31.5 Å². The van der Waals surface area contributed by atoms with Gasteiger partial charge in [-0.2, -0.15) is 0 Å². The molecule has 8 N–H and O–H groups in total. The predicted molar refractivity (Wildman–Crippen MR) is 227 cm³/mol. The minimum absolute atomic E-state index is 0.0801. The van der Waals surface area contributed by atoms with Crippen LogP contribution in [0.2, 0.25) is 0 Å². The molecule has 60 heavy (non-hydrogen) atoms. The van der Waals surface area contributed by atoms with Gasteiger partial charge >= 0.3 is 5.97 Å². The number of carbonyl (C=O) groups is 5. The van der Waals surface area contributed by atoms with E-state index in [1.165, 1.54) is 18.9 Å². The van der Waals surface area contributed by atoms with Crippen LogP contribution in [0.15, 0.2) is 115 Å². The molecule has 0 saturated carbocycles. The number of ether oxygens (including phenoxy) is 2. The molecule has 5 aromatic rings. The Morgan fingerprint density at radius 1 is 0.733 bits per heavy atom. The molecule has 0 saturated heterocycles. The lowest BCUT2D eigenvalue weighted by molar-refractivity contribution is -0.142. The van der Waals surface area contributed by atoms with E-state index in [4.69, 9.17) is 20.9 Å². The number of benzene rings is 5. The van der Waals surface area contributed by atoms with E-state index >= 15 is 0 Å². The van der Waals surface area contributed by atoms with E-state index in [2.05, 4.69) is 16.0 Å². The largest absolute Gasteiger partial charge is 0.492 e. The van der Waals surface area contributed by atoms with Crippen molar-refractivity contribution in [2.75, 3.05) is 39.9 Å². The third kappa shape index (κ3) is 10.2. The highest BCUT2D eigenvalue weighted by molar-refractivity contribution is 5.98. The fourth-order valence-corrected chi connectivity index (χ4v) is 6.90. The minimum atomic E-state index is -1.34. The van der Waals surface area contributed by atoms with E-state index in [1.807, 2.05) is 66.7 Å². The number of carboxylic acid groups (broad SMARTS) is 1. The standard InChI is InChI=1S/C46H48N6O8/c1-28-43(54)51-38(46(57)58)25-29-8-18-39(59-22-20-47)36(24-29)37-26-35(17-19-40(37)60-23-21-48)42(45(56)50-28)52(2)41(53)27-49-44(55)34-15-13-33(14-16-34)32-11-9-31(10-12-32)30-6-4-3-5-7-30/h3-19,24,26,28,38,42H,20-23,25,27,47-48H2,1-2H3,(H,49,55)(H,50,56)(H,51,54)(H,57,58). The average molecular weight is 813 g/mol. The van der Waals surface area contributed by atoms with Crippen molar-refractivity contribution in [1.82, 2.24) is 20.9 Å². The van der Waals surface area contributed by atoms with Gasteiger partial charge in [0.2, 0.25) is 17.7 Å². The Bertz CT molecular complexity index is 2340. The number of carboxylic acids is 1. The highest BCUT2D eigenvalue weighted by Gasteiger charge is 2.33. The van der Waals surface area contributed by atoms with E-state index in [1.54, 1.807) is 48.5 Å². The molecule has 310 valence electrons. The third-order valence-corrected chi connectivity index (χ3v) is 10.1. The summed E-state index contributed by atoms with van der Waals surface area (Å²) in [5.74, 6) is -3.06. The Labute approximate surface area is 347 Å². The van der Waals surface area contributed by atoms with Crippen LogP contribution in [0.1, 0.15) is 34.5 Å². The Kier molecular flexibility index (Phi) is 13.9. The van der Waals surface area contributed by atoms with Crippen LogP contribution in [0.5, 0.6) is 11.5 Å². The van der Waals surface area contributed by atoms with Crippen LogP contribution < -0.4 is 36.9 Å². The third-order valence-electron chi connectivity index (χ3n) is 10.1. The van der Waals surface area contributed by atoms with E-state index in [0.29, 0.717) is 39.3 Å². The van der Waals surface area contributed by atoms with Gasteiger partial charge in [-0.15, -0.1) is 0 Å². The number of amides is 4. The number of likely N-dealkylation sites (N-methyl/N-ethyl adjacent to an activating group) is 1. The normalized spacial score (nSPS) is 16.4. The molecule has 5 aromatic carbocycles. The average Bonchev–Trinajstić information content (AvgIpc) is 3.26. The zero-order valence-corrected chi connectivity index (χ0v) is 33.4. The van der Waals surface area contributed by atoms with Crippen LogP contribution in [-0.2, 0) is 25.6 Å². The van der Waals surface area contributed by atoms with Crippen LogP contribution in [0.4, 0.5) is 0 Å². The molecule has 4 bridgehead atoms. The quantitative estimate of drug-likeness (QED) is 0.101. The van der Waals surface area contributed by atoms with Crippen molar-refractivity contribution in [3.63, 3.8) is 0 Å². The lowest BCUT2D eigenvalue weighted by Crippen LogP contribution is -2.53. The molecule has 1 aliphatic heterocycles. The summed E-state index contributed by atoms with van der Waals surface area (Å²) in [6.45, 7) is 1.70. The molecule has 6 rings (SSSR count). The van der Waals surface area contributed by atoms with Crippen LogP contribution in [0.25, 0.3) is 33.4 Å². The number of aliphatic carboxylic acids is 1. The van der Waals surface area contributed by atoms with Crippen molar-refractivity contribution >= 4 is 29.6 Å². The Morgan fingerprint density at radius 2 is 1.28 bits per heavy atom. The molecule has 0 aromatic heterocycles. The lowest BCUT2D eigenvalue weighted by Gasteiger charge is -2.30. The van der Waals surface area contributed by atoms with Gasteiger partial charge in [0.15, 0.2) is 0 Å². The summed E-state index contributed by atoms with van der Waals surface area (Å²) in [5.41, 5.74) is 17.8. The van der Waals surface area contributed by atoms with E-state index < -0.39 is 54.3 Å². The highest BCUT2D eigenvalue weighted by Crippen LogP contribution is 2.40. The van der Waals surface area contributed by atoms with Gasteiger partial charge in [-0.3, -0.25) is 19.2 Å². The van der Waals surface area contributed by atoms with Gasteiger partial charge in [0.05, 0.1) is 6.54 Å². The number of carbonyl (C=O) groups excluding carboxylic acids is 4. The number of hydrogen-bond acceptors (Lipinski definition) is 9. The second-order valence-electron chi connectivity index (χ2n) is 14.3. The smallest absolute Gasteiger partial charge is 0.326 e. The van der Waals surface area contributed by atoms with Gasteiger partial charge in [0, 0.05) is 43.2 Å². The van der Waals surface area contributed by atoms with Crippen LogP contribution in [0, 0.1) is 0 Å². The van der Waals surface area contributed by atoms with Gasteiger partial charge in [0.1, 0.15) is 42.8 Å². The van der Waals surface area contributed by atoms with E-state index in [-0.39, 0.29) is 32.7 Å². The molecular formula is C46H48N6O8. The maximum absolute atomic E-state index is 14.2. The SMILES string of the molecule is CC1NC(=O)C(N(C)C(=O)CNC(=O)c2ccc(-c3ccc(-c4ccccc4)cc3)cc2)c2ccc(OCCN)c(c2)-c2cc(ccc2OCCN)CC(C(=O)O)NC1=O. The minimum Gasteiger partial charge on any atom is -0.492 e. The van der Waals surface area contributed by atoms with Crippen LogP contribution in [0.3, 0.4) is 0 Å². The van der Waals surface area contributed by atoms with E-state index in [0.717, 1.165) is 22.3 Å². The maximum Gasteiger partial charge on any atom is 0.326 e. The van der Waals surface area contributed by atoms with Crippen LogP contribution >= 0.6 is 0 Å². The topological polar surface area (TPSA) is 215 Å². The van der Waals surface area contributed by atoms with Crippen molar-refractivity contribution in [3.05, 3.63) is 132 Å². The molecule has 1 heterocycles. The molecule has 0 fully saturated rings. The highest BCUT2D eigenvalue weighted by atomic mass is 16.5. The number of hydrogen-bond donors (Lipinski definition) is 6. The summed E-state index contributed by atoms with van der Waals surface area (Å²) in [4.78, 5) is 68.1. The number of nitrogens with zero attached hydrogens (tertiary/aromatic N) is 1. The first-order chi connectivity index (χ1) is 29.0. The Morgan fingerprint density at radius 3 is 1.87 bits per heavy atom. The molecule has 0 radical (unpaired) electrons. The van der Waals surface area contributed by atoms with Gasteiger partial charge in [-0.1, -0.05) is 78.9 Å². The Balaban J connectivity index is 1.27. The summed E-state index contributed by atoms with van der Waals surface area (Å²) in [7, 11) is 1.42. The molecule has 3 unspecified atom stereocenters. The van der Waals surface area contributed by atoms with Gasteiger partial charge in [-0.25, -0.2) is 4.79 Å². The summed E-state index contributed by atoms with van der Waals surface area (Å²) >= 11 is 0. The predicted octanol–water partition coefficient (Wildman–Crippen LogP) is 3.92. The van der Waals surface area contributed by atoms with Gasteiger partial charge < -0.3 is 46.9 Å². The molecule has 0 spiro atoms. The molecular weight excluding hydrogens is 765 g/mol. The second-order valence-corrected chi connectivity index (χ2v) is 14.3. The fourth-order valence-electron chi connectivity index (χ4n) is 6.90. The molecule has 1 aliphatic rings. The molecule has 14 heteroatoms. The molecule has 0 aliphatic carbocycles. The maximum atomic E-state index is 14.2. The van der Waals surface area contributed by atoms with E-state index in [9.17, 15) is 29.1 Å². The second kappa shape index (κ2) is 19.6. The van der Waals surface area contributed by atoms with Crippen LogP contribution in [-0.4, -0.2) is 91.6 Å². The fraction of sp³-hybridized carbons (Fsp3) is 0.239. The molecule has 3 atom stereocenters. The van der Waals surface area contributed by atoms with Crippen molar-refractivity contribution in [2.24, 2.45) is 11.5 Å². The summed E-state index contributed by atoms with van der Waals surface area (Å²) in [5, 5.41) is 17.9. The number of rotatable bonds is 13. The number of nitrogens with two attached hydrogens (primary N) is 2. The van der Waals surface area contributed by atoms with Gasteiger partial charge in [0.25, 0.3) is 5.91 Å². The lowest BCUT2D eigenvalue weighted by atomic mass is 9.93. The summed E-state index contributed by atoms with van der Waals surface area (Å²) < 4.78 is 12.0. The zero-order chi connectivity index (χ0) is 42.8. The summed E-state index contributed by atoms with van der Waals surface area (Å²) in [6.07, 6.45) is -0.0801. The Hall–Kier alpha value is -7.03. The van der Waals surface area contributed by atoms with Gasteiger partial charge in [-0.05, 0) is 76.7 Å². The first kappa shape index (κ1) is 42.6.